The standard InChI is InChI=1S/C20H32N6O3/c1-13(11-28-3)29-14-4-5-16-15(8-14)20(24-23-16)17-9-18(22-12-21-17)26-7-6-25(2)19(27)10-26/h9,12-16,20,23-24H,4-8,10-11H2,1-3H3/t13-,14?,15?,16?,20?/m0/s1. The molecule has 1 aliphatic carbocycles. The fourth-order valence-electron chi connectivity index (χ4n) is 4.69. The third kappa shape index (κ3) is 4.53. The van der Waals surface area contributed by atoms with Gasteiger partial charge in [-0.2, -0.15) is 0 Å². The van der Waals surface area contributed by atoms with Gasteiger partial charge in [0, 0.05) is 45.3 Å². The summed E-state index contributed by atoms with van der Waals surface area (Å²) in [4.78, 5) is 24.9. The van der Waals surface area contributed by atoms with Crippen molar-refractivity contribution in [3.63, 3.8) is 0 Å². The SMILES string of the molecule is COC[C@H](C)OC1CCC2NNC(c3cc(N4CCN(C)C(=O)C4)ncn3)C2C1. The molecule has 2 aliphatic heterocycles. The predicted octanol–water partition coefficient (Wildman–Crippen LogP) is 0.493. The van der Waals surface area contributed by atoms with Crippen LogP contribution in [0.4, 0.5) is 5.82 Å². The van der Waals surface area contributed by atoms with Crippen LogP contribution >= 0.6 is 0 Å². The average Bonchev–Trinajstić information content (AvgIpc) is 3.13. The molecular formula is C20H32N6O3. The van der Waals surface area contributed by atoms with Crippen LogP contribution in [0.2, 0.25) is 0 Å². The number of nitrogens with one attached hydrogen (secondary N) is 2. The Morgan fingerprint density at radius 1 is 1.28 bits per heavy atom. The number of methoxy groups -OCH3 is 1. The summed E-state index contributed by atoms with van der Waals surface area (Å²) < 4.78 is 11.4. The van der Waals surface area contributed by atoms with Crippen LogP contribution in [0.3, 0.4) is 0 Å². The highest BCUT2D eigenvalue weighted by atomic mass is 16.5. The summed E-state index contributed by atoms with van der Waals surface area (Å²) in [5.74, 6) is 1.34. The molecule has 2 N–H and O–H groups in total. The lowest BCUT2D eigenvalue weighted by atomic mass is 9.79. The Hall–Kier alpha value is -1.81. The Bertz CT molecular complexity index is 719. The van der Waals surface area contributed by atoms with Gasteiger partial charge < -0.3 is 19.3 Å². The topological polar surface area (TPSA) is 91.9 Å². The second-order valence-corrected chi connectivity index (χ2v) is 8.41. The Balaban J connectivity index is 1.45. The molecule has 0 bridgehead atoms. The van der Waals surface area contributed by atoms with E-state index >= 15 is 0 Å². The summed E-state index contributed by atoms with van der Waals surface area (Å²) in [5, 5.41) is 0. The number of hydrogen-bond donors (Lipinski definition) is 2. The number of hydrazine groups is 1. The van der Waals surface area contributed by atoms with Crippen LogP contribution < -0.4 is 15.8 Å². The van der Waals surface area contributed by atoms with E-state index in [0.29, 0.717) is 31.7 Å². The monoisotopic (exact) mass is 404 g/mol. The minimum Gasteiger partial charge on any atom is -0.382 e. The highest BCUT2D eigenvalue weighted by Gasteiger charge is 2.42. The molecule has 1 aromatic rings. The average molecular weight is 405 g/mol. The summed E-state index contributed by atoms with van der Waals surface area (Å²) in [6, 6.07) is 2.55. The van der Waals surface area contributed by atoms with E-state index in [0.717, 1.165) is 37.3 Å². The second kappa shape index (κ2) is 8.91. The van der Waals surface area contributed by atoms with Crippen molar-refractivity contribution in [3.8, 4) is 0 Å². The number of carbonyl (C=O) groups excluding carboxylic acids is 1. The predicted molar refractivity (Wildman–Crippen MR) is 108 cm³/mol. The first-order valence-corrected chi connectivity index (χ1v) is 10.5. The van der Waals surface area contributed by atoms with Crippen LogP contribution in [0.1, 0.15) is 37.9 Å². The molecule has 1 amide bonds. The molecule has 0 radical (unpaired) electrons. The summed E-state index contributed by atoms with van der Waals surface area (Å²) in [7, 11) is 3.55. The number of anilines is 1. The number of hydrogen-bond acceptors (Lipinski definition) is 8. The summed E-state index contributed by atoms with van der Waals surface area (Å²) in [6.45, 7) is 4.54. The minimum absolute atomic E-state index is 0.0998. The largest absolute Gasteiger partial charge is 0.382 e. The zero-order valence-corrected chi connectivity index (χ0v) is 17.5. The van der Waals surface area contributed by atoms with E-state index in [4.69, 9.17) is 9.47 Å². The lowest BCUT2D eigenvalue weighted by Crippen LogP contribution is -2.48. The van der Waals surface area contributed by atoms with E-state index in [2.05, 4.69) is 27.7 Å². The first-order valence-electron chi connectivity index (χ1n) is 10.5. The molecule has 9 nitrogen and oxygen atoms in total. The third-order valence-electron chi connectivity index (χ3n) is 6.30. The number of rotatable bonds is 6. The van der Waals surface area contributed by atoms with E-state index in [1.807, 2.05) is 18.0 Å². The van der Waals surface area contributed by atoms with Gasteiger partial charge in [-0.05, 0) is 26.2 Å². The summed E-state index contributed by atoms with van der Waals surface area (Å²) in [6.07, 6.45) is 5.05. The molecule has 0 spiro atoms. The van der Waals surface area contributed by atoms with Gasteiger partial charge in [0.15, 0.2) is 0 Å². The lowest BCUT2D eigenvalue weighted by Gasteiger charge is -2.35. The molecule has 3 heterocycles. The van der Waals surface area contributed by atoms with Crippen LogP contribution in [0.25, 0.3) is 0 Å². The molecular weight excluding hydrogens is 372 g/mol. The van der Waals surface area contributed by atoms with E-state index < -0.39 is 0 Å². The van der Waals surface area contributed by atoms with Gasteiger partial charge in [-0.3, -0.25) is 10.2 Å². The van der Waals surface area contributed by atoms with Crippen molar-refractivity contribution in [2.75, 3.05) is 45.3 Å². The molecule has 3 aliphatic rings. The third-order valence-corrected chi connectivity index (χ3v) is 6.30. The number of ether oxygens (including phenoxy) is 2. The second-order valence-electron chi connectivity index (χ2n) is 8.41. The maximum Gasteiger partial charge on any atom is 0.241 e. The first kappa shape index (κ1) is 20.5. The molecule has 9 heteroatoms. The maximum atomic E-state index is 12.1. The lowest BCUT2D eigenvalue weighted by molar-refractivity contribution is -0.129. The summed E-state index contributed by atoms with van der Waals surface area (Å²) >= 11 is 0. The molecule has 4 rings (SSSR count). The van der Waals surface area contributed by atoms with Crippen molar-refractivity contribution >= 4 is 11.7 Å². The fourth-order valence-corrected chi connectivity index (χ4v) is 4.69. The normalized spacial score (nSPS) is 31.1. The van der Waals surface area contributed by atoms with Gasteiger partial charge in [0.05, 0.1) is 37.1 Å². The van der Waals surface area contributed by atoms with Gasteiger partial charge in [0.2, 0.25) is 5.91 Å². The van der Waals surface area contributed by atoms with Crippen molar-refractivity contribution in [3.05, 3.63) is 18.1 Å². The Morgan fingerprint density at radius 3 is 2.93 bits per heavy atom. The fraction of sp³-hybridized carbons (Fsp3) is 0.750. The number of likely N-dealkylation sites (N-methyl/N-ethyl adjacent to an activating group) is 1. The van der Waals surface area contributed by atoms with Crippen LogP contribution in [0.5, 0.6) is 0 Å². The molecule has 29 heavy (non-hydrogen) atoms. The Morgan fingerprint density at radius 2 is 2.14 bits per heavy atom. The number of aromatic nitrogens is 2. The van der Waals surface area contributed by atoms with Gasteiger partial charge in [0.1, 0.15) is 12.1 Å². The van der Waals surface area contributed by atoms with E-state index in [-0.39, 0.29) is 24.2 Å². The minimum atomic E-state index is 0.0998. The maximum absolute atomic E-state index is 12.1. The molecule has 1 saturated carbocycles. The molecule has 5 atom stereocenters. The van der Waals surface area contributed by atoms with E-state index in [1.54, 1.807) is 18.3 Å². The van der Waals surface area contributed by atoms with Crippen molar-refractivity contribution in [1.82, 2.24) is 25.7 Å². The van der Waals surface area contributed by atoms with Gasteiger partial charge in [-0.25, -0.2) is 15.4 Å². The highest BCUT2D eigenvalue weighted by Crippen LogP contribution is 2.39. The smallest absolute Gasteiger partial charge is 0.241 e. The van der Waals surface area contributed by atoms with Gasteiger partial charge in [0.25, 0.3) is 0 Å². The molecule has 2 saturated heterocycles. The Kier molecular flexibility index (Phi) is 6.29. The van der Waals surface area contributed by atoms with E-state index in [1.165, 1.54) is 0 Å². The van der Waals surface area contributed by atoms with Gasteiger partial charge in [-0.1, -0.05) is 0 Å². The zero-order chi connectivity index (χ0) is 20.4. The number of nitrogens with zero attached hydrogens (tertiary/aromatic N) is 4. The quantitative estimate of drug-likeness (QED) is 0.708. The molecule has 160 valence electrons. The number of amides is 1. The van der Waals surface area contributed by atoms with Crippen molar-refractivity contribution < 1.29 is 14.3 Å². The van der Waals surface area contributed by atoms with Crippen LogP contribution in [-0.4, -0.2) is 79.4 Å². The molecule has 4 unspecified atom stereocenters. The highest BCUT2D eigenvalue weighted by molar-refractivity contribution is 5.82. The number of piperazine rings is 1. The first-order chi connectivity index (χ1) is 14.0. The van der Waals surface area contributed by atoms with E-state index in [9.17, 15) is 4.79 Å². The van der Waals surface area contributed by atoms with Crippen LogP contribution in [0, 0.1) is 5.92 Å². The molecule has 0 aromatic carbocycles. The van der Waals surface area contributed by atoms with Crippen LogP contribution in [-0.2, 0) is 14.3 Å². The number of carbonyl (C=O) groups is 1. The van der Waals surface area contributed by atoms with Gasteiger partial charge in [-0.15, -0.1) is 0 Å². The number of fused-ring (bicyclic) bond motifs is 1. The Labute approximate surface area is 172 Å². The summed E-state index contributed by atoms with van der Waals surface area (Å²) in [5.41, 5.74) is 7.86. The van der Waals surface area contributed by atoms with Crippen molar-refractivity contribution in [1.29, 1.82) is 0 Å². The zero-order valence-electron chi connectivity index (χ0n) is 17.5. The molecule has 1 aromatic heterocycles. The van der Waals surface area contributed by atoms with Crippen molar-refractivity contribution in [2.24, 2.45) is 5.92 Å². The molecule has 3 fully saturated rings. The van der Waals surface area contributed by atoms with Gasteiger partial charge >= 0.3 is 0 Å². The van der Waals surface area contributed by atoms with Crippen molar-refractivity contribution in [2.45, 2.75) is 50.5 Å². The van der Waals surface area contributed by atoms with Crippen LogP contribution in [0.15, 0.2) is 12.4 Å².